The second kappa shape index (κ2) is 9.60. The van der Waals surface area contributed by atoms with Crippen molar-refractivity contribution in [2.45, 2.75) is 6.42 Å². The van der Waals surface area contributed by atoms with Gasteiger partial charge in [-0.1, -0.05) is 97.1 Å². The van der Waals surface area contributed by atoms with Crippen LogP contribution in [0.15, 0.2) is 108 Å². The number of rotatable bonds is 6. The molecule has 1 aliphatic rings. The summed E-state index contributed by atoms with van der Waals surface area (Å²) >= 11 is 0. The fourth-order valence-corrected chi connectivity index (χ4v) is 6.95. The molecule has 0 saturated heterocycles. The Morgan fingerprint density at radius 3 is 2.06 bits per heavy atom. The molecule has 0 unspecified atom stereocenters. The maximum Gasteiger partial charge on any atom is 0.0585 e. The van der Waals surface area contributed by atoms with Gasteiger partial charge in [0.1, 0.15) is 0 Å². The van der Waals surface area contributed by atoms with Crippen LogP contribution in [0.3, 0.4) is 0 Å². The molecule has 0 atom stereocenters. The summed E-state index contributed by atoms with van der Waals surface area (Å²) in [5.74, 6) is 0. The van der Waals surface area contributed by atoms with E-state index in [0.29, 0.717) is 0 Å². The normalized spacial score (nSPS) is 13.0. The Morgan fingerprint density at radius 1 is 0.758 bits per heavy atom. The third-order valence-electron chi connectivity index (χ3n) is 5.90. The van der Waals surface area contributed by atoms with Crippen molar-refractivity contribution in [2.75, 3.05) is 25.5 Å². The first-order chi connectivity index (χ1) is 16.2. The Bertz CT molecular complexity index is 1210. The molecule has 0 N–H and O–H groups in total. The standard InChI is InChI=1S/C29H28N3P/c1-31(2)30-22-24-13-11-19-28(29(24)32-21-20-23-12-9-10-18-27(23)32)33(25-14-5-3-6-15-25)26-16-7-4-8-17-26/h3-19,22H,20-21H2,1-2H3/b30-22+. The molecule has 0 bridgehead atoms. The molecule has 0 amide bonds. The third kappa shape index (κ3) is 4.42. The van der Waals surface area contributed by atoms with Gasteiger partial charge in [-0.15, -0.1) is 0 Å². The highest BCUT2D eigenvalue weighted by Crippen LogP contribution is 2.42. The Hall–Kier alpha value is -3.42. The molecule has 4 aromatic carbocycles. The van der Waals surface area contributed by atoms with E-state index in [4.69, 9.17) is 0 Å². The first-order valence-corrected chi connectivity index (χ1v) is 12.7. The summed E-state index contributed by atoms with van der Waals surface area (Å²) in [6.45, 7) is 0.978. The molecule has 0 aromatic heterocycles. The van der Waals surface area contributed by atoms with Gasteiger partial charge < -0.3 is 9.91 Å². The molecule has 5 rings (SSSR count). The van der Waals surface area contributed by atoms with Gasteiger partial charge in [0.25, 0.3) is 0 Å². The van der Waals surface area contributed by atoms with Gasteiger partial charge >= 0.3 is 0 Å². The van der Waals surface area contributed by atoms with Crippen LogP contribution in [0.1, 0.15) is 11.1 Å². The van der Waals surface area contributed by atoms with Crippen LogP contribution in [0.4, 0.5) is 11.4 Å². The first kappa shape index (κ1) is 21.4. The van der Waals surface area contributed by atoms with E-state index >= 15 is 0 Å². The van der Waals surface area contributed by atoms with Crippen molar-refractivity contribution in [1.29, 1.82) is 0 Å². The van der Waals surface area contributed by atoms with Crippen molar-refractivity contribution in [3.63, 3.8) is 0 Å². The maximum atomic E-state index is 4.62. The zero-order valence-corrected chi connectivity index (χ0v) is 20.0. The highest BCUT2D eigenvalue weighted by Gasteiger charge is 2.28. The molecule has 0 aliphatic carbocycles. The van der Waals surface area contributed by atoms with Gasteiger partial charge in [-0.05, 0) is 36.6 Å². The lowest BCUT2D eigenvalue weighted by Gasteiger charge is -2.29. The van der Waals surface area contributed by atoms with Crippen molar-refractivity contribution in [3.05, 3.63) is 114 Å². The van der Waals surface area contributed by atoms with E-state index in [-0.39, 0.29) is 0 Å². The van der Waals surface area contributed by atoms with E-state index in [1.54, 1.807) is 0 Å². The molecular formula is C29H28N3P. The minimum Gasteiger partial charge on any atom is -0.340 e. The molecule has 3 nitrogen and oxygen atoms in total. The number of fused-ring (bicyclic) bond motifs is 1. The third-order valence-corrected chi connectivity index (χ3v) is 8.37. The van der Waals surface area contributed by atoms with E-state index in [1.165, 1.54) is 32.9 Å². The molecule has 4 aromatic rings. The van der Waals surface area contributed by atoms with Crippen molar-refractivity contribution < 1.29 is 0 Å². The van der Waals surface area contributed by atoms with Crippen molar-refractivity contribution in [3.8, 4) is 0 Å². The van der Waals surface area contributed by atoms with Crippen molar-refractivity contribution in [2.24, 2.45) is 5.10 Å². The Labute approximate surface area is 197 Å². The average Bonchev–Trinajstić information content (AvgIpc) is 3.28. The molecule has 0 saturated carbocycles. The Balaban J connectivity index is 1.75. The number of benzene rings is 4. The summed E-state index contributed by atoms with van der Waals surface area (Å²) in [7, 11) is 3.20. The van der Waals surface area contributed by atoms with Crippen LogP contribution < -0.4 is 20.8 Å². The number of para-hydroxylation sites is 2. The predicted octanol–water partition coefficient (Wildman–Crippen LogP) is 5.03. The summed E-state index contributed by atoms with van der Waals surface area (Å²) < 4.78 is 0. The van der Waals surface area contributed by atoms with E-state index in [9.17, 15) is 0 Å². The Morgan fingerprint density at radius 2 is 1.39 bits per heavy atom. The van der Waals surface area contributed by atoms with Gasteiger partial charge in [0.15, 0.2) is 0 Å². The van der Waals surface area contributed by atoms with E-state index in [0.717, 1.165) is 18.5 Å². The van der Waals surface area contributed by atoms with Crippen LogP contribution in [0, 0.1) is 0 Å². The second-order valence-electron chi connectivity index (χ2n) is 8.34. The zero-order chi connectivity index (χ0) is 22.6. The summed E-state index contributed by atoms with van der Waals surface area (Å²) in [6.07, 6.45) is 3.06. The summed E-state index contributed by atoms with van der Waals surface area (Å²) in [6, 6.07) is 37.3. The predicted molar refractivity (Wildman–Crippen MR) is 144 cm³/mol. The van der Waals surface area contributed by atoms with Crippen LogP contribution in [0.2, 0.25) is 0 Å². The lowest BCUT2D eigenvalue weighted by atomic mass is 10.1. The van der Waals surface area contributed by atoms with Crippen LogP contribution in [-0.2, 0) is 6.42 Å². The van der Waals surface area contributed by atoms with Crippen LogP contribution in [-0.4, -0.2) is 31.9 Å². The number of hydrogen-bond acceptors (Lipinski definition) is 3. The molecular weight excluding hydrogens is 421 g/mol. The van der Waals surface area contributed by atoms with Crippen LogP contribution in [0.25, 0.3) is 0 Å². The highest BCUT2D eigenvalue weighted by molar-refractivity contribution is 7.80. The van der Waals surface area contributed by atoms with Gasteiger partial charge in [-0.25, -0.2) is 0 Å². The summed E-state index contributed by atoms with van der Waals surface area (Å²) in [5.41, 5.74) is 5.14. The van der Waals surface area contributed by atoms with Crippen LogP contribution >= 0.6 is 7.92 Å². The maximum absolute atomic E-state index is 4.62. The number of nitrogens with zero attached hydrogens (tertiary/aromatic N) is 3. The summed E-state index contributed by atoms with van der Waals surface area (Å²) in [5, 5.41) is 10.5. The SMILES string of the molecule is CN(C)/N=C/c1cccc(P(c2ccccc2)c2ccccc2)c1N1CCc2ccccc21. The lowest BCUT2D eigenvalue weighted by Crippen LogP contribution is -2.28. The van der Waals surface area contributed by atoms with Gasteiger partial charge in [0.2, 0.25) is 0 Å². The van der Waals surface area contributed by atoms with Gasteiger partial charge in [-0.3, -0.25) is 0 Å². The molecule has 33 heavy (non-hydrogen) atoms. The molecule has 1 aliphatic heterocycles. The molecule has 0 fully saturated rings. The molecule has 164 valence electrons. The summed E-state index contributed by atoms with van der Waals surface area (Å²) in [4.78, 5) is 2.50. The van der Waals surface area contributed by atoms with E-state index in [2.05, 4.69) is 113 Å². The quantitative estimate of drug-likeness (QED) is 0.233. The zero-order valence-electron chi connectivity index (χ0n) is 19.1. The average molecular weight is 450 g/mol. The lowest BCUT2D eigenvalue weighted by molar-refractivity contribution is 0.440. The monoisotopic (exact) mass is 449 g/mol. The minimum atomic E-state index is -0.731. The molecule has 1 heterocycles. The number of hydrazone groups is 1. The van der Waals surface area contributed by atoms with E-state index < -0.39 is 7.92 Å². The van der Waals surface area contributed by atoms with Crippen molar-refractivity contribution in [1.82, 2.24) is 5.01 Å². The van der Waals surface area contributed by atoms with Gasteiger partial charge in [-0.2, -0.15) is 5.10 Å². The second-order valence-corrected chi connectivity index (χ2v) is 10.5. The van der Waals surface area contributed by atoms with Crippen molar-refractivity contribution >= 4 is 41.4 Å². The fraction of sp³-hybridized carbons (Fsp3) is 0.138. The minimum absolute atomic E-state index is 0.731. The largest absolute Gasteiger partial charge is 0.340 e. The van der Waals surface area contributed by atoms with Gasteiger partial charge in [0.05, 0.1) is 11.9 Å². The molecule has 0 spiro atoms. The smallest absolute Gasteiger partial charge is 0.0585 e. The highest BCUT2D eigenvalue weighted by atomic mass is 31.1. The van der Waals surface area contributed by atoms with Crippen LogP contribution in [0.5, 0.6) is 0 Å². The van der Waals surface area contributed by atoms with E-state index in [1.807, 2.05) is 25.3 Å². The molecule has 4 heteroatoms. The van der Waals surface area contributed by atoms with Gasteiger partial charge in [0, 0.05) is 37.2 Å². The fourth-order valence-electron chi connectivity index (χ4n) is 4.46. The number of anilines is 2. The topological polar surface area (TPSA) is 18.8 Å². The molecule has 0 radical (unpaired) electrons. The number of hydrogen-bond donors (Lipinski definition) is 0. The Kier molecular flexibility index (Phi) is 6.24. The first-order valence-electron chi connectivity index (χ1n) is 11.3.